The minimum absolute atomic E-state index is 0.00814. The van der Waals surface area contributed by atoms with E-state index >= 15 is 0 Å². The third-order valence-electron chi connectivity index (χ3n) is 5.45. The Balaban J connectivity index is 1.52. The second-order valence-corrected chi connectivity index (χ2v) is 7.35. The quantitative estimate of drug-likeness (QED) is 0.570. The molecule has 3 aromatic rings. The Morgan fingerprint density at radius 3 is 2.03 bits per heavy atom. The van der Waals surface area contributed by atoms with Gasteiger partial charge in [-0.3, -0.25) is 4.79 Å². The Kier molecular flexibility index (Phi) is 5.30. The Hall–Kier alpha value is -3.21. The molecule has 0 bridgehead atoms. The molecular formula is C24H21F2NO2. The van der Waals surface area contributed by atoms with Crippen molar-refractivity contribution in [2.24, 2.45) is 5.92 Å². The highest BCUT2D eigenvalue weighted by Crippen LogP contribution is 2.45. The minimum Gasteiger partial charge on any atom is -0.508 e. The van der Waals surface area contributed by atoms with Gasteiger partial charge in [-0.1, -0.05) is 24.3 Å². The van der Waals surface area contributed by atoms with Crippen LogP contribution in [0.3, 0.4) is 0 Å². The van der Waals surface area contributed by atoms with Crippen LogP contribution in [0.15, 0.2) is 72.8 Å². The molecule has 1 N–H and O–H groups in total. The number of benzene rings is 3. The monoisotopic (exact) mass is 393 g/mol. The first-order valence-electron chi connectivity index (χ1n) is 9.65. The SMILES string of the molecule is O=C1[C@H](CCCc2ccc(F)cc2)[C@@H](c2ccc(O)cc2)N1c1ccc(F)cc1. The fourth-order valence-corrected chi connectivity index (χ4v) is 3.95. The van der Waals surface area contributed by atoms with Gasteiger partial charge < -0.3 is 10.0 Å². The van der Waals surface area contributed by atoms with E-state index in [4.69, 9.17) is 0 Å². The Morgan fingerprint density at radius 1 is 0.828 bits per heavy atom. The van der Waals surface area contributed by atoms with Crippen LogP contribution >= 0.6 is 0 Å². The molecule has 1 aliphatic heterocycles. The van der Waals surface area contributed by atoms with Gasteiger partial charge in [0.15, 0.2) is 0 Å². The standard InChI is InChI=1S/C24H21F2NO2/c25-18-8-4-16(5-9-18)2-1-3-22-23(17-6-14-21(28)15-7-17)27(24(22)29)20-12-10-19(26)11-13-20/h4-15,22-23,28H,1-3H2/t22-,23-/m1/s1. The molecule has 1 fully saturated rings. The van der Waals surface area contributed by atoms with E-state index in [9.17, 15) is 18.7 Å². The van der Waals surface area contributed by atoms with Gasteiger partial charge >= 0.3 is 0 Å². The molecule has 4 rings (SSSR count). The molecule has 1 amide bonds. The number of amides is 1. The first-order chi connectivity index (χ1) is 14.0. The summed E-state index contributed by atoms with van der Waals surface area (Å²) in [5.41, 5.74) is 2.62. The number of hydrogen-bond acceptors (Lipinski definition) is 2. The van der Waals surface area contributed by atoms with Gasteiger partial charge in [0, 0.05) is 5.69 Å². The summed E-state index contributed by atoms with van der Waals surface area (Å²) in [4.78, 5) is 14.6. The molecule has 0 spiro atoms. The van der Waals surface area contributed by atoms with E-state index in [2.05, 4.69) is 0 Å². The fourth-order valence-electron chi connectivity index (χ4n) is 3.95. The number of hydrogen-bond donors (Lipinski definition) is 1. The molecule has 2 atom stereocenters. The molecular weight excluding hydrogens is 372 g/mol. The molecule has 3 nitrogen and oxygen atoms in total. The summed E-state index contributed by atoms with van der Waals surface area (Å²) >= 11 is 0. The summed E-state index contributed by atoms with van der Waals surface area (Å²) < 4.78 is 26.4. The van der Waals surface area contributed by atoms with Crippen LogP contribution in [0.25, 0.3) is 0 Å². The van der Waals surface area contributed by atoms with Crippen molar-refractivity contribution in [2.45, 2.75) is 25.3 Å². The zero-order chi connectivity index (χ0) is 20.4. The molecule has 3 aromatic carbocycles. The molecule has 1 heterocycles. The molecule has 29 heavy (non-hydrogen) atoms. The van der Waals surface area contributed by atoms with E-state index in [1.54, 1.807) is 41.3 Å². The lowest BCUT2D eigenvalue weighted by molar-refractivity contribution is -0.130. The predicted molar refractivity (Wildman–Crippen MR) is 108 cm³/mol. The van der Waals surface area contributed by atoms with Crippen molar-refractivity contribution < 1.29 is 18.7 Å². The number of aryl methyl sites for hydroxylation is 1. The van der Waals surface area contributed by atoms with Gasteiger partial charge in [0.1, 0.15) is 17.4 Å². The van der Waals surface area contributed by atoms with Crippen molar-refractivity contribution in [1.82, 2.24) is 0 Å². The third kappa shape index (κ3) is 3.99. The number of aromatic hydroxyl groups is 1. The maximum atomic E-state index is 13.3. The lowest BCUT2D eigenvalue weighted by Crippen LogP contribution is -2.55. The summed E-state index contributed by atoms with van der Waals surface area (Å²) in [6.07, 6.45) is 2.26. The van der Waals surface area contributed by atoms with Crippen molar-refractivity contribution >= 4 is 11.6 Å². The van der Waals surface area contributed by atoms with E-state index in [-0.39, 0.29) is 35.3 Å². The second kappa shape index (κ2) is 8.03. The summed E-state index contributed by atoms with van der Waals surface area (Å²) in [6, 6.07) is 19.0. The number of β-lactam (4-membered cyclic amide) rings is 1. The van der Waals surface area contributed by atoms with Gasteiger partial charge in [0.2, 0.25) is 5.91 Å². The summed E-state index contributed by atoms with van der Waals surface area (Å²) in [6.45, 7) is 0. The van der Waals surface area contributed by atoms with Crippen LogP contribution in [0.4, 0.5) is 14.5 Å². The number of phenols is 1. The number of rotatable bonds is 6. The predicted octanol–water partition coefficient (Wildman–Crippen LogP) is 5.40. The highest BCUT2D eigenvalue weighted by atomic mass is 19.1. The average molecular weight is 393 g/mol. The molecule has 0 saturated carbocycles. The van der Waals surface area contributed by atoms with Crippen molar-refractivity contribution in [3.05, 3.63) is 95.6 Å². The van der Waals surface area contributed by atoms with Crippen LogP contribution < -0.4 is 4.90 Å². The molecule has 5 heteroatoms. The largest absolute Gasteiger partial charge is 0.508 e. The van der Waals surface area contributed by atoms with Crippen molar-refractivity contribution in [3.63, 3.8) is 0 Å². The Bertz CT molecular complexity index is 985. The molecule has 1 aliphatic rings. The van der Waals surface area contributed by atoms with Crippen molar-refractivity contribution in [2.75, 3.05) is 4.90 Å². The zero-order valence-electron chi connectivity index (χ0n) is 15.8. The number of halogens is 2. The highest BCUT2D eigenvalue weighted by Gasteiger charge is 2.48. The molecule has 0 unspecified atom stereocenters. The number of anilines is 1. The van der Waals surface area contributed by atoms with Gasteiger partial charge in [-0.2, -0.15) is 0 Å². The van der Waals surface area contributed by atoms with Crippen LogP contribution in [0.1, 0.15) is 30.0 Å². The first-order valence-corrected chi connectivity index (χ1v) is 9.65. The summed E-state index contributed by atoms with van der Waals surface area (Å²) in [5, 5.41) is 9.60. The van der Waals surface area contributed by atoms with Gasteiger partial charge in [-0.25, -0.2) is 8.78 Å². The fraction of sp³-hybridized carbons (Fsp3) is 0.208. The Labute approximate surface area is 168 Å². The summed E-state index contributed by atoms with van der Waals surface area (Å²) in [5.74, 6) is -0.622. The molecule has 0 aromatic heterocycles. The van der Waals surface area contributed by atoms with E-state index < -0.39 is 0 Å². The van der Waals surface area contributed by atoms with E-state index in [1.165, 1.54) is 24.3 Å². The third-order valence-corrected chi connectivity index (χ3v) is 5.45. The topological polar surface area (TPSA) is 40.5 Å². The zero-order valence-corrected chi connectivity index (χ0v) is 15.8. The summed E-state index contributed by atoms with van der Waals surface area (Å²) in [7, 11) is 0. The van der Waals surface area contributed by atoms with Gasteiger partial charge in [-0.05, 0) is 78.9 Å². The second-order valence-electron chi connectivity index (χ2n) is 7.35. The maximum absolute atomic E-state index is 13.3. The lowest BCUT2D eigenvalue weighted by Gasteiger charge is -2.47. The molecule has 1 saturated heterocycles. The maximum Gasteiger partial charge on any atom is 0.233 e. The molecule has 0 aliphatic carbocycles. The lowest BCUT2D eigenvalue weighted by atomic mass is 9.78. The van der Waals surface area contributed by atoms with Crippen LogP contribution in [-0.2, 0) is 11.2 Å². The van der Waals surface area contributed by atoms with Crippen molar-refractivity contribution in [3.8, 4) is 5.75 Å². The van der Waals surface area contributed by atoms with Gasteiger partial charge in [0.25, 0.3) is 0 Å². The van der Waals surface area contributed by atoms with Crippen LogP contribution in [0.2, 0.25) is 0 Å². The molecule has 148 valence electrons. The first kappa shape index (κ1) is 19.1. The van der Waals surface area contributed by atoms with Gasteiger partial charge in [-0.15, -0.1) is 0 Å². The minimum atomic E-state index is -0.348. The normalized spacial score (nSPS) is 18.6. The number of carbonyl (C=O) groups excluding carboxylic acids is 1. The number of phenolic OH excluding ortho intramolecular Hbond substituents is 1. The number of nitrogens with zero attached hydrogens (tertiary/aromatic N) is 1. The average Bonchev–Trinajstić information content (AvgIpc) is 2.72. The van der Waals surface area contributed by atoms with Crippen molar-refractivity contribution in [1.29, 1.82) is 0 Å². The smallest absolute Gasteiger partial charge is 0.233 e. The van der Waals surface area contributed by atoms with Crippen LogP contribution in [-0.4, -0.2) is 11.0 Å². The van der Waals surface area contributed by atoms with Crippen LogP contribution in [0, 0.1) is 17.6 Å². The van der Waals surface area contributed by atoms with Gasteiger partial charge in [0.05, 0.1) is 12.0 Å². The van der Waals surface area contributed by atoms with E-state index in [1.807, 2.05) is 12.1 Å². The van der Waals surface area contributed by atoms with Crippen LogP contribution in [0.5, 0.6) is 5.75 Å². The Morgan fingerprint density at radius 2 is 1.41 bits per heavy atom. The van der Waals surface area contributed by atoms with E-state index in [0.717, 1.165) is 24.0 Å². The molecule has 0 radical (unpaired) electrons. The highest BCUT2D eigenvalue weighted by molar-refractivity contribution is 6.03. The number of carbonyl (C=O) groups is 1. The van der Waals surface area contributed by atoms with E-state index in [0.29, 0.717) is 12.1 Å².